The molecule has 3 rings (SSSR count). The molecule has 1 aliphatic heterocycles. The number of pyridine rings is 1. The van der Waals surface area contributed by atoms with Crippen LogP contribution in [0.15, 0.2) is 22.8 Å². The summed E-state index contributed by atoms with van der Waals surface area (Å²) in [6.45, 7) is 1.18. The molecule has 0 atom stereocenters. The highest BCUT2D eigenvalue weighted by Gasteiger charge is 2.25. The van der Waals surface area contributed by atoms with E-state index in [1.807, 2.05) is 12.1 Å². The number of hydrogen-bond acceptors (Lipinski definition) is 6. The summed E-state index contributed by atoms with van der Waals surface area (Å²) in [5, 5.41) is 3.16. The number of fused-ring (bicyclic) bond motifs is 1. The summed E-state index contributed by atoms with van der Waals surface area (Å²) in [5.41, 5.74) is 2.52. The maximum absolute atomic E-state index is 11.9. The largest absolute Gasteiger partial charge is 0.464 e. The fourth-order valence-electron chi connectivity index (χ4n) is 2.09. The van der Waals surface area contributed by atoms with Gasteiger partial charge in [-0.3, -0.25) is 4.98 Å². The van der Waals surface area contributed by atoms with E-state index in [0.29, 0.717) is 30.3 Å². The number of methoxy groups -OCH3 is 1. The second kappa shape index (κ2) is 5.26. The third kappa shape index (κ3) is 2.19. The van der Waals surface area contributed by atoms with E-state index in [9.17, 15) is 4.79 Å². The zero-order valence-corrected chi connectivity index (χ0v) is 12.3. The quantitative estimate of drug-likeness (QED) is 0.842. The van der Waals surface area contributed by atoms with Crippen molar-refractivity contribution in [3.05, 3.63) is 39.8 Å². The van der Waals surface area contributed by atoms with Crippen LogP contribution in [0.2, 0.25) is 0 Å². The van der Waals surface area contributed by atoms with E-state index >= 15 is 0 Å². The SMILES string of the molecule is COC(=O)c1nc(-c2ncccc2Br)nc2c1CNC2. The summed E-state index contributed by atoms with van der Waals surface area (Å²) >= 11 is 3.42. The molecule has 2 aromatic rings. The molecule has 102 valence electrons. The van der Waals surface area contributed by atoms with Gasteiger partial charge in [-0.05, 0) is 28.1 Å². The fraction of sp³-hybridized carbons (Fsp3) is 0.231. The molecule has 0 amide bonds. The van der Waals surface area contributed by atoms with Crippen molar-refractivity contribution in [2.24, 2.45) is 0 Å². The van der Waals surface area contributed by atoms with Gasteiger partial charge in [0.05, 0.1) is 12.8 Å². The van der Waals surface area contributed by atoms with Gasteiger partial charge in [-0.15, -0.1) is 0 Å². The summed E-state index contributed by atoms with van der Waals surface area (Å²) < 4.78 is 5.57. The minimum absolute atomic E-state index is 0.301. The number of ether oxygens (including phenoxy) is 1. The van der Waals surface area contributed by atoms with Crippen molar-refractivity contribution in [3.8, 4) is 11.5 Å². The first-order valence-electron chi connectivity index (χ1n) is 6.00. The van der Waals surface area contributed by atoms with E-state index < -0.39 is 5.97 Å². The zero-order chi connectivity index (χ0) is 14.1. The molecule has 2 aromatic heterocycles. The van der Waals surface area contributed by atoms with Crippen LogP contribution in [0.1, 0.15) is 21.7 Å². The van der Waals surface area contributed by atoms with Gasteiger partial charge in [0.2, 0.25) is 0 Å². The van der Waals surface area contributed by atoms with Gasteiger partial charge < -0.3 is 10.1 Å². The van der Waals surface area contributed by atoms with Gasteiger partial charge in [0.1, 0.15) is 5.69 Å². The monoisotopic (exact) mass is 334 g/mol. The van der Waals surface area contributed by atoms with Crippen LogP contribution in [0.25, 0.3) is 11.5 Å². The van der Waals surface area contributed by atoms with Crippen LogP contribution in [0.5, 0.6) is 0 Å². The lowest BCUT2D eigenvalue weighted by Crippen LogP contribution is -2.12. The number of rotatable bonds is 2. The summed E-state index contributed by atoms with van der Waals surface area (Å²) in [7, 11) is 1.34. The Balaban J connectivity index is 2.19. The maximum atomic E-state index is 11.9. The van der Waals surface area contributed by atoms with Crippen LogP contribution in [-0.2, 0) is 17.8 Å². The molecular weight excluding hydrogens is 324 g/mol. The van der Waals surface area contributed by atoms with Gasteiger partial charge in [0.25, 0.3) is 0 Å². The maximum Gasteiger partial charge on any atom is 0.357 e. The van der Waals surface area contributed by atoms with Crippen LogP contribution in [0, 0.1) is 0 Å². The summed E-state index contributed by atoms with van der Waals surface area (Å²) in [5.74, 6) is -0.0408. The van der Waals surface area contributed by atoms with Gasteiger partial charge in [-0.2, -0.15) is 0 Å². The van der Waals surface area contributed by atoms with Crippen molar-refractivity contribution in [1.29, 1.82) is 0 Å². The average Bonchev–Trinajstić information content (AvgIpc) is 2.94. The molecule has 0 spiro atoms. The smallest absolute Gasteiger partial charge is 0.357 e. The molecule has 20 heavy (non-hydrogen) atoms. The van der Waals surface area contributed by atoms with E-state index in [-0.39, 0.29) is 0 Å². The van der Waals surface area contributed by atoms with Crippen molar-refractivity contribution in [2.45, 2.75) is 13.1 Å². The normalized spacial score (nSPS) is 13.1. The molecule has 0 aromatic carbocycles. The molecule has 0 aliphatic carbocycles. The first-order chi connectivity index (χ1) is 9.70. The lowest BCUT2D eigenvalue weighted by Gasteiger charge is -2.08. The molecule has 1 aliphatic rings. The zero-order valence-electron chi connectivity index (χ0n) is 10.7. The summed E-state index contributed by atoms with van der Waals surface area (Å²) in [6, 6.07) is 3.67. The molecule has 0 saturated carbocycles. The molecule has 0 unspecified atom stereocenters. The van der Waals surface area contributed by atoms with Crippen molar-refractivity contribution in [2.75, 3.05) is 7.11 Å². The van der Waals surface area contributed by atoms with Crippen molar-refractivity contribution in [1.82, 2.24) is 20.3 Å². The number of halogens is 1. The van der Waals surface area contributed by atoms with E-state index in [1.54, 1.807) is 6.20 Å². The number of hydrogen-bond donors (Lipinski definition) is 1. The van der Waals surface area contributed by atoms with Gasteiger partial charge in [0, 0.05) is 29.3 Å². The van der Waals surface area contributed by atoms with Gasteiger partial charge in [0.15, 0.2) is 11.5 Å². The molecule has 6 nitrogen and oxygen atoms in total. The third-order valence-electron chi connectivity index (χ3n) is 3.04. The second-order valence-electron chi connectivity index (χ2n) is 4.25. The van der Waals surface area contributed by atoms with Crippen molar-refractivity contribution < 1.29 is 9.53 Å². The van der Waals surface area contributed by atoms with Gasteiger partial charge in [-0.25, -0.2) is 14.8 Å². The highest BCUT2D eigenvalue weighted by Crippen LogP contribution is 2.26. The Morgan fingerprint density at radius 3 is 3.00 bits per heavy atom. The second-order valence-corrected chi connectivity index (χ2v) is 5.10. The minimum Gasteiger partial charge on any atom is -0.464 e. The predicted octanol–water partition coefficient (Wildman–Crippen LogP) is 1.69. The third-order valence-corrected chi connectivity index (χ3v) is 3.68. The van der Waals surface area contributed by atoms with E-state index in [0.717, 1.165) is 15.7 Å². The highest BCUT2D eigenvalue weighted by atomic mass is 79.9. The summed E-state index contributed by atoms with van der Waals surface area (Å²) in [4.78, 5) is 24.9. The standard InChI is InChI=1S/C13H11BrN4O2/c1-20-13(19)10-7-5-15-6-9(7)17-12(18-10)11-8(14)3-2-4-16-11/h2-4,15H,5-6H2,1H3. The number of carbonyl (C=O) groups excluding carboxylic acids is 1. The molecule has 3 heterocycles. The van der Waals surface area contributed by atoms with Crippen molar-refractivity contribution in [3.63, 3.8) is 0 Å². The Hall–Kier alpha value is -1.86. The number of nitrogens with one attached hydrogen (secondary N) is 1. The lowest BCUT2D eigenvalue weighted by molar-refractivity contribution is 0.0592. The Morgan fingerprint density at radius 1 is 1.40 bits per heavy atom. The van der Waals surface area contributed by atoms with E-state index in [4.69, 9.17) is 4.74 Å². The Kier molecular flexibility index (Phi) is 3.45. The number of esters is 1. The highest BCUT2D eigenvalue weighted by molar-refractivity contribution is 9.10. The summed E-state index contributed by atoms with van der Waals surface area (Å²) in [6.07, 6.45) is 1.66. The number of carbonyl (C=O) groups is 1. The predicted molar refractivity (Wildman–Crippen MR) is 74.8 cm³/mol. The molecule has 0 saturated heterocycles. The topological polar surface area (TPSA) is 77.0 Å². The van der Waals surface area contributed by atoms with Crippen molar-refractivity contribution >= 4 is 21.9 Å². The lowest BCUT2D eigenvalue weighted by atomic mass is 10.2. The molecule has 0 bridgehead atoms. The van der Waals surface area contributed by atoms with E-state index in [2.05, 4.69) is 36.2 Å². The molecular formula is C13H11BrN4O2. The van der Waals surface area contributed by atoms with Crippen LogP contribution in [0.3, 0.4) is 0 Å². The molecule has 1 N–H and O–H groups in total. The fourth-order valence-corrected chi connectivity index (χ4v) is 2.52. The van der Waals surface area contributed by atoms with Gasteiger partial charge >= 0.3 is 5.97 Å². The van der Waals surface area contributed by atoms with Crippen LogP contribution < -0.4 is 5.32 Å². The van der Waals surface area contributed by atoms with E-state index in [1.165, 1.54) is 7.11 Å². The average molecular weight is 335 g/mol. The first kappa shape index (κ1) is 13.1. The van der Waals surface area contributed by atoms with Crippen LogP contribution in [-0.4, -0.2) is 28.0 Å². The molecule has 7 heteroatoms. The number of nitrogens with zero attached hydrogens (tertiary/aromatic N) is 3. The van der Waals surface area contributed by atoms with Crippen LogP contribution >= 0.6 is 15.9 Å². The minimum atomic E-state index is -0.458. The Bertz CT molecular complexity index is 690. The molecule has 0 radical (unpaired) electrons. The first-order valence-corrected chi connectivity index (χ1v) is 6.79. The Morgan fingerprint density at radius 2 is 2.25 bits per heavy atom. The van der Waals surface area contributed by atoms with Gasteiger partial charge in [-0.1, -0.05) is 0 Å². The molecule has 0 fully saturated rings. The number of aromatic nitrogens is 3. The van der Waals surface area contributed by atoms with Crippen LogP contribution in [0.4, 0.5) is 0 Å². The Labute approximate surface area is 123 Å².